The highest BCUT2D eigenvalue weighted by Gasteiger charge is 2.22. The summed E-state index contributed by atoms with van der Waals surface area (Å²) in [7, 11) is 9.10. The van der Waals surface area contributed by atoms with Gasteiger partial charge in [-0.05, 0) is 66.1 Å². The lowest BCUT2D eigenvalue weighted by Crippen LogP contribution is -2.05. The molecule has 0 aliphatic carbocycles. The molecule has 0 amide bonds. The first-order valence-electron chi connectivity index (χ1n) is 24.1. The molecule has 0 spiro atoms. The molecule has 0 N–H and O–H groups in total. The predicted molar refractivity (Wildman–Crippen MR) is 311 cm³/mol. The molecule has 0 unspecified atom stereocenters. The van der Waals surface area contributed by atoms with Gasteiger partial charge in [-0.25, -0.2) is 0 Å². The van der Waals surface area contributed by atoms with Gasteiger partial charge in [-0.1, -0.05) is 135 Å². The lowest BCUT2D eigenvalue weighted by Gasteiger charge is -2.14. The number of halogens is 1. The van der Waals surface area contributed by atoms with Crippen LogP contribution in [0.15, 0.2) is 178 Å². The molecule has 0 bridgehead atoms. The van der Waals surface area contributed by atoms with Crippen LogP contribution in [0.5, 0.6) is 57.5 Å². The van der Waals surface area contributed by atoms with Gasteiger partial charge in [0.15, 0.2) is 17.3 Å². The van der Waals surface area contributed by atoms with E-state index in [2.05, 4.69) is 26.3 Å². The standard InChI is InChI=1S/C23H24O5.C21H22O4.C20H19ClO4/c1-5-13-27-18-10-7-17(8-11-18)9-12-20(24)23-21(26-4)15-19(25-3)16-22(23)28-14-6-2;1-5-12-25-20-14-17(23-3)13-19(24-4)21(20)18(22)11-10-16-8-6-15(2)7-9-16;1-4-11-25-19-13-15(23-2)12-18(24-3)20(19)17(22)10-9-14-7-5-6-8-16(14)21/h5-12,15-16H,1-2,13-14H2,3-4H3;5-11,13-14H,1,12H2,2-4H3;4-10,12-13H,1,11H2,2-3H3/b12-9+;11-10+;10-9+. The third-order valence-electron chi connectivity index (χ3n) is 10.8. The molecular weight excluding hydrogens is 1010 g/mol. The van der Waals surface area contributed by atoms with Crippen LogP contribution in [0.2, 0.25) is 5.02 Å². The second kappa shape index (κ2) is 33.0. The minimum absolute atomic E-state index is 0.209. The summed E-state index contributed by atoms with van der Waals surface area (Å²) in [6.07, 6.45) is 16.1. The quantitative estimate of drug-likeness (QED) is 0.0274. The van der Waals surface area contributed by atoms with Gasteiger partial charge in [0.2, 0.25) is 0 Å². The Morgan fingerprint density at radius 3 is 1.09 bits per heavy atom. The van der Waals surface area contributed by atoms with Crippen molar-refractivity contribution in [3.63, 3.8) is 0 Å². The van der Waals surface area contributed by atoms with E-state index in [4.69, 9.17) is 59.0 Å². The third-order valence-corrected chi connectivity index (χ3v) is 11.1. The Hall–Kier alpha value is -9.20. The number of ether oxygens (including phenoxy) is 10. The molecule has 0 saturated heterocycles. The summed E-state index contributed by atoms with van der Waals surface area (Å²) in [6, 6.07) is 32.5. The van der Waals surface area contributed by atoms with Crippen LogP contribution in [0.4, 0.5) is 0 Å². The Kier molecular flexibility index (Phi) is 25.9. The van der Waals surface area contributed by atoms with Crippen molar-refractivity contribution in [3.05, 3.63) is 222 Å². The van der Waals surface area contributed by atoms with Crippen LogP contribution in [0.1, 0.15) is 53.3 Å². The molecular formula is C64H65ClO13. The number of ketones is 3. The second-order valence-electron chi connectivity index (χ2n) is 16.1. The highest BCUT2D eigenvalue weighted by Crippen LogP contribution is 2.38. The zero-order valence-corrected chi connectivity index (χ0v) is 45.8. The van der Waals surface area contributed by atoms with Gasteiger partial charge in [0.25, 0.3) is 0 Å². The fourth-order valence-corrected chi connectivity index (χ4v) is 7.13. The van der Waals surface area contributed by atoms with Gasteiger partial charge in [0.05, 0.1) is 42.7 Å². The molecule has 406 valence electrons. The third kappa shape index (κ3) is 18.6. The first-order chi connectivity index (χ1) is 37.8. The largest absolute Gasteiger partial charge is 0.496 e. The van der Waals surface area contributed by atoms with Gasteiger partial charge in [-0.3, -0.25) is 14.4 Å². The molecule has 6 aromatic carbocycles. The van der Waals surface area contributed by atoms with E-state index >= 15 is 0 Å². The van der Waals surface area contributed by atoms with Crippen molar-refractivity contribution in [1.29, 1.82) is 0 Å². The summed E-state index contributed by atoms with van der Waals surface area (Å²) >= 11 is 6.11. The lowest BCUT2D eigenvalue weighted by atomic mass is 10.1. The van der Waals surface area contributed by atoms with Crippen molar-refractivity contribution in [2.75, 3.05) is 69.1 Å². The van der Waals surface area contributed by atoms with E-state index < -0.39 is 0 Å². The first kappa shape index (κ1) is 61.3. The van der Waals surface area contributed by atoms with Gasteiger partial charge >= 0.3 is 0 Å². The van der Waals surface area contributed by atoms with Gasteiger partial charge in [-0.2, -0.15) is 0 Å². The Balaban J connectivity index is 0.000000253. The van der Waals surface area contributed by atoms with Crippen LogP contribution in [-0.2, 0) is 0 Å². The smallest absolute Gasteiger partial charge is 0.193 e. The average Bonchev–Trinajstić information content (AvgIpc) is 3.48. The van der Waals surface area contributed by atoms with E-state index in [0.29, 0.717) is 80.1 Å². The van der Waals surface area contributed by atoms with Crippen molar-refractivity contribution in [1.82, 2.24) is 0 Å². The van der Waals surface area contributed by atoms with Crippen molar-refractivity contribution < 1.29 is 61.8 Å². The van der Waals surface area contributed by atoms with Crippen molar-refractivity contribution in [2.24, 2.45) is 0 Å². The molecule has 6 rings (SSSR count). The van der Waals surface area contributed by atoms with Crippen LogP contribution in [0.3, 0.4) is 0 Å². The maximum atomic E-state index is 12.8. The summed E-state index contributed by atoms with van der Waals surface area (Å²) < 4.78 is 54.1. The van der Waals surface area contributed by atoms with Gasteiger partial charge in [-0.15, -0.1) is 0 Å². The summed E-state index contributed by atoms with van der Waals surface area (Å²) in [4.78, 5) is 38.3. The molecule has 0 heterocycles. The number of allylic oxidation sites excluding steroid dienone is 3. The zero-order chi connectivity index (χ0) is 56.8. The Morgan fingerprint density at radius 1 is 0.410 bits per heavy atom. The Morgan fingerprint density at radius 2 is 0.744 bits per heavy atom. The van der Waals surface area contributed by atoms with E-state index in [1.807, 2.05) is 73.7 Å². The van der Waals surface area contributed by atoms with E-state index in [-0.39, 0.29) is 37.2 Å². The SMILES string of the molecule is C=CCOc1cc(OC)cc(OC)c1C(=O)/C=C/c1ccc(C)cc1.C=CCOc1cc(OC)cc(OC)c1C(=O)/C=C/c1ccccc1Cl.C=CCOc1ccc(/C=C/C(=O)c2c(OC)cc(OC)cc2OCC=C)cc1. The molecule has 6 aromatic rings. The fraction of sp³-hybridized carbons (Fsp3) is 0.172. The highest BCUT2D eigenvalue weighted by atomic mass is 35.5. The number of carbonyl (C=O) groups is 3. The van der Waals surface area contributed by atoms with Crippen LogP contribution >= 0.6 is 11.6 Å². The van der Waals surface area contributed by atoms with E-state index in [9.17, 15) is 14.4 Å². The van der Waals surface area contributed by atoms with Crippen LogP contribution in [-0.4, -0.2) is 86.4 Å². The number of rotatable bonds is 27. The molecule has 0 saturated carbocycles. The van der Waals surface area contributed by atoms with Crippen LogP contribution in [0.25, 0.3) is 18.2 Å². The highest BCUT2D eigenvalue weighted by molar-refractivity contribution is 6.32. The van der Waals surface area contributed by atoms with Crippen LogP contribution in [0, 0.1) is 6.92 Å². The maximum absolute atomic E-state index is 12.8. The average molecular weight is 1080 g/mol. The van der Waals surface area contributed by atoms with Crippen molar-refractivity contribution in [2.45, 2.75) is 6.92 Å². The summed E-state index contributed by atoms with van der Waals surface area (Å²) in [5.74, 6) is 3.91. The lowest BCUT2D eigenvalue weighted by molar-refractivity contribution is 0.103. The number of methoxy groups -OCH3 is 6. The van der Waals surface area contributed by atoms with Gasteiger partial charge in [0, 0.05) is 41.4 Å². The molecule has 0 radical (unpaired) electrons. The number of hydrogen-bond acceptors (Lipinski definition) is 13. The van der Waals surface area contributed by atoms with Gasteiger partial charge < -0.3 is 47.4 Å². The second-order valence-corrected chi connectivity index (χ2v) is 16.5. The molecule has 0 atom stereocenters. The molecule has 14 heteroatoms. The molecule has 0 aliphatic rings. The topological polar surface area (TPSA) is 144 Å². The minimum Gasteiger partial charge on any atom is -0.496 e. The van der Waals surface area contributed by atoms with Crippen molar-refractivity contribution in [3.8, 4) is 57.5 Å². The molecule has 78 heavy (non-hydrogen) atoms. The Labute approximate surface area is 462 Å². The summed E-state index contributed by atoms with van der Waals surface area (Å²) in [5, 5.41) is 0.566. The number of aryl methyl sites for hydroxylation is 1. The van der Waals surface area contributed by atoms with Gasteiger partial charge in [0.1, 0.15) is 101 Å². The number of hydrogen-bond donors (Lipinski definition) is 0. The number of carbonyl (C=O) groups excluding carboxylic acids is 3. The minimum atomic E-state index is -0.265. The maximum Gasteiger partial charge on any atom is 0.193 e. The summed E-state index contributed by atoms with van der Waals surface area (Å²) in [6.45, 7) is 17.7. The van der Waals surface area contributed by atoms with E-state index in [0.717, 1.165) is 22.4 Å². The fourth-order valence-electron chi connectivity index (χ4n) is 6.93. The van der Waals surface area contributed by atoms with Crippen molar-refractivity contribution >= 4 is 47.2 Å². The van der Waals surface area contributed by atoms with E-state index in [1.165, 1.54) is 59.3 Å². The zero-order valence-electron chi connectivity index (χ0n) is 45.0. The Bertz CT molecular complexity index is 3080. The van der Waals surface area contributed by atoms with E-state index in [1.54, 1.807) is 92.1 Å². The molecule has 13 nitrogen and oxygen atoms in total. The molecule has 0 aliphatic heterocycles. The normalized spacial score (nSPS) is 10.5. The predicted octanol–water partition coefficient (Wildman–Crippen LogP) is 14.0. The molecule has 0 aromatic heterocycles. The first-order valence-corrected chi connectivity index (χ1v) is 24.5. The monoisotopic (exact) mass is 1080 g/mol. The summed E-state index contributed by atoms with van der Waals surface area (Å²) in [5.41, 5.74) is 4.72. The van der Waals surface area contributed by atoms with Crippen LogP contribution < -0.4 is 47.4 Å². The molecule has 0 fully saturated rings. The number of benzene rings is 6.